The first-order valence-corrected chi connectivity index (χ1v) is 5.06. The fourth-order valence-corrected chi connectivity index (χ4v) is 1.30. The molecule has 3 heteroatoms. The lowest BCUT2D eigenvalue weighted by atomic mass is 10.2. The Morgan fingerprint density at radius 2 is 2.07 bits per heavy atom. The van der Waals surface area contributed by atoms with Gasteiger partial charge in [0.15, 0.2) is 0 Å². The fraction of sp³-hybridized carbons (Fsp3) is 0.417. The molecular formula is C12H17NO2. The van der Waals surface area contributed by atoms with Gasteiger partial charge in [0.2, 0.25) is 0 Å². The number of amides is 1. The Morgan fingerprint density at radius 3 is 2.67 bits per heavy atom. The topological polar surface area (TPSA) is 38.3 Å². The maximum Gasteiger partial charge on any atom is 0.251 e. The van der Waals surface area contributed by atoms with Gasteiger partial charge in [-0.05, 0) is 18.1 Å². The third kappa shape index (κ3) is 4.13. The summed E-state index contributed by atoms with van der Waals surface area (Å²) in [5.41, 5.74) is 0.696. The van der Waals surface area contributed by atoms with Crippen LogP contribution in [0.2, 0.25) is 0 Å². The van der Waals surface area contributed by atoms with Crippen molar-refractivity contribution < 1.29 is 9.53 Å². The van der Waals surface area contributed by atoms with Crippen molar-refractivity contribution in [2.24, 2.45) is 5.92 Å². The van der Waals surface area contributed by atoms with Gasteiger partial charge >= 0.3 is 0 Å². The third-order valence-electron chi connectivity index (χ3n) is 2.10. The monoisotopic (exact) mass is 207 g/mol. The molecule has 1 unspecified atom stereocenters. The lowest BCUT2D eigenvalue weighted by Gasteiger charge is -2.11. The van der Waals surface area contributed by atoms with Gasteiger partial charge in [-0.1, -0.05) is 25.1 Å². The van der Waals surface area contributed by atoms with E-state index in [9.17, 15) is 4.79 Å². The summed E-state index contributed by atoms with van der Waals surface area (Å²) in [6.07, 6.45) is 0. The molecule has 1 atom stereocenters. The predicted molar refractivity (Wildman–Crippen MR) is 59.8 cm³/mol. The molecule has 15 heavy (non-hydrogen) atoms. The average Bonchev–Trinajstić information content (AvgIpc) is 2.27. The highest BCUT2D eigenvalue weighted by Gasteiger charge is 2.06. The normalized spacial score (nSPS) is 12.1. The zero-order valence-corrected chi connectivity index (χ0v) is 9.19. The molecule has 0 radical (unpaired) electrons. The molecule has 0 aliphatic rings. The van der Waals surface area contributed by atoms with Crippen molar-refractivity contribution in [2.45, 2.75) is 6.92 Å². The van der Waals surface area contributed by atoms with Crippen LogP contribution in [-0.2, 0) is 4.74 Å². The Balaban J connectivity index is 2.37. The van der Waals surface area contributed by atoms with E-state index >= 15 is 0 Å². The van der Waals surface area contributed by atoms with Crippen LogP contribution in [-0.4, -0.2) is 26.2 Å². The Bertz CT molecular complexity index is 298. The summed E-state index contributed by atoms with van der Waals surface area (Å²) in [5.74, 6) is 0.307. The summed E-state index contributed by atoms with van der Waals surface area (Å²) in [7, 11) is 1.66. The standard InChI is InChI=1S/C12H17NO2/c1-10(9-15-2)8-13-12(14)11-6-4-3-5-7-11/h3-7,10H,8-9H2,1-2H3,(H,13,14). The highest BCUT2D eigenvalue weighted by Crippen LogP contribution is 1.99. The summed E-state index contributed by atoms with van der Waals surface area (Å²) in [6.45, 7) is 3.34. The molecule has 1 rings (SSSR count). The lowest BCUT2D eigenvalue weighted by molar-refractivity contribution is 0.0934. The minimum atomic E-state index is -0.0291. The van der Waals surface area contributed by atoms with Crippen molar-refractivity contribution in [3.05, 3.63) is 35.9 Å². The first kappa shape index (κ1) is 11.7. The van der Waals surface area contributed by atoms with Crippen LogP contribution >= 0.6 is 0 Å². The van der Waals surface area contributed by atoms with E-state index in [0.29, 0.717) is 24.6 Å². The van der Waals surface area contributed by atoms with E-state index in [1.54, 1.807) is 19.2 Å². The molecule has 1 amide bonds. The summed E-state index contributed by atoms with van der Waals surface area (Å²) < 4.78 is 4.99. The van der Waals surface area contributed by atoms with Crippen LogP contribution in [0, 0.1) is 5.92 Å². The zero-order valence-electron chi connectivity index (χ0n) is 9.19. The number of ether oxygens (including phenoxy) is 1. The molecule has 0 aliphatic heterocycles. The number of rotatable bonds is 5. The van der Waals surface area contributed by atoms with Gasteiger partial charge in [0.25, 0.3) is 5.91 Å². The maximum atomic E-state index is 11.6. The van der Waals surface area contributed by atoms with Gasteiger partial charge in [0, 0.05) is 19.2 Å². The largest absolute Gasteiger partial charge is 0.384 e. The number of nitrogens with one attached hydrogen (secondary N) is 1. The molecule has 3 nitrogen and oxygen atoms in total. The van der Waals surface area contributed by atoms with Gasteiger partial charge in [-0.15, -0.1) is 0 Å². The summed E-state index contributed by atoms with van der Waals surface area (Å²) in [4.78, 5) is 11.6. The number of benzene rings is 1. The molecule has 0 spiro atoms. The number of hydrogen-bond donors (Lipinski definition) is 1. The van der Waals surface area contributed by atoms with Crippen LogP contribution in [0.15, 0.2) is 30.3 Å². The van der Waals surface area contributed by atoms with E-state index in [4.69, 9.17) is 4.74 Å². The quantitative estimate of drug-likeness (QED) is 0.798. The molecular weight excluding hydrogens is 190 g/mol. The first-order chi connectivity index (χ1) is 7.24. The molecule has 1 aromatic carbocycles. The molecule has 82 valence electrons. The van der Waals surface area contributed by atoms with Crippen molar-refractivity contribution in [2.75, 3.05) is 20.3 Å². The van der Waals surface area contributed by atoms with E-state index in [1.807, 2.05) is 25.1 Å². The van der Waals surface area contributed by atoms with Crippen molar-refractivity contribution in [1.82, 2.24) is 5.32 Å². The van der Waals surface area contributed by atoms with Crippen LogP contribution in [0.3, 0.4) is 0 Å². The minimum absolute atomic E-state index is 0.0291. The minimum Gasteiger partial charge on any atom is -0.384 e. The number of carbonyl (C=O) groups excluding carboxylic acids is 1. The van der Waals surface area contributed by atoms with Gasteiger partial charge < -0.3 is 10.1 Å². The molecule has 0 bridgehead atoms. The second-order valence-corrected chi connectivity index (χ2v) is 3.64. The Labute approximate surface area is 90.4 Å². The van der Waals surface area contributed by atoms with E-state index in [2.05, 4.69) is 5.32 Å². The van der Waals surface area contributed by atoms with Gasteiger partial charge in [-0.2, -0.15) is 0 Å². The molecule has 0 aliphatic carbocycles. The van der Waals surface area contributed by atoms with Crippen molar-refractivity contribution in [3.8, 4) is 0 Å². The fourth-order valence-electron chi connectivity index (χ4n) is 1.30. The van der Waals surface area contributed by atoms with Crippen molar-refractivity contribution in [1.29, 1.82) is 0 Å². The molecule has 0 saturated carbocycles. The van der Waals surface area contributed by atoms with Crippen LogP contribution in [0.4, 0.5) is 0 Å². The van der Waals surface area contributed by atoms with Crippen LogP contribution in [0.5, 0.6) is 0 Å². The van der Waals surface area contributed by atoms with Crippen LogP contribution < -0.4 is 5.32 Å². The summed E-state index contributed by atoms with van der Waals surface area (Å²) in [5, 5.41) is 2.86. The SMILES string of the molecule is COCC(C)CNC(=O)c1ccccc1. The molecule has 0 aromatic heterocycles. The van der Waals surface area contributed by atoms with Crippen molar-refractivity contribution >= 4 is 5.91 Å². The van der Waals surface area contributed by atoms with E-state index in [0.717, 1.165) is 0 Å². The second kappa shape index (κ2) is 6.19. The third-order valence-corrected chi connectivity index (χ3v) is 2.10. The molecule has 1 aromatic rings. The summed E-state index contributed by atoms with van der Waals surface area (Å²) >= 11 is 0. The number of carbonyl (C=O) groups is 1. The molecule has 0 saturated heterocycles. The van der Waals surface area contributed by atoms with E-state index in [-0.39, 0.29) is 5.91 Å². The van der Waals surface area contributed by atoms with Gasteiger partial charge in [0.05, 0.1) is 6.61 Å². The second-order valence-electron chi connectivity index (χ2n) is 3.64. The molecule has 0 heterocycles. The van der Waals surface area contributed by atoms with Gasteiger partial charge in [-0.3, -0.25) is 4.79 Å². The molecule has 1 N–H and O–H groups in total. The summed E-state index contributed by atoms with van der Waals surface area (Å²) in [6, 6.07) is 9.21. The van der Waals surface area contributed by atoms with Gasteiger partial charge in [-0.25, -0.2) is 0 Å². The smallest absolute Gasteiger partial charge is 0.251 e. The van der Waals surface area contributed by atoms with Crippen LogP contribution in [0.1, 0.15) is 17.3 Å². The van der Waals surface area contributed by atoms with E-state index < -0.39 is 0 Å². The number of hydrogen-bond acceptors (Lipinski definition) is 2. The van der Waals surface area contributed by atoms with Gasteiger partial charge in [0.1, 0.15) is 0 Å². The predicted octanol–water partition coefficient (Wildman–Crippen LogP) is 1.70. The highest BCUT2D eigenvalue weighted by atomic mass is 16.5. The van der Waals surface area contributed by atoms with E-state index in [1.165, 1.54) is 0 Å². The Morgan fingerprint density at radius 1 is 1.40 bits per heavy atom. The molecule has 0 fully saturated rings. The van der Waals surface area contributed by atoms with Crippen LogP contribution in [0.25, 0.3) is 0 Å². The Kier molecular flexibility index (Phi) is 4.84. The maximum absolute atomic E-state index is 11.6. The number of methoxy groups -OCH3 is 1. The highest BCUT2D eigenvalue weighted by molar-refractivity contribution is 5.94. The first-order valence-electron chi connectivity index (χ1n) is 5.06. The lowest BCUT2D eigenvalue weighted by Crippen LogP contribution is -2.29. The zero-order chi connectivity index (χ0) is 11.1. The Hall–Kier alpha value is -1.35. The van der Waals surface area contributed by atoms with Crippen molar-refractivity contribution in [3.63, 3.8) is 0 Å². The average molecular weight is 207 g/mol.